The molecule has 0 fully saturated rings. The third-order valence-corrected chi connectivity index (χ3v) is 4.87. The molecule has 2 aromatic carbocycles. The normalized spacial score (nSPS) is 13.0. The van der Waals surface area contributed by atoms with Crippen molar-refractivity contribution in [2.45, 2.75) is 16.2 Å². The van der Waals surface area contributed by atoms with E-state index in [4.69, 9.17) is 19.9 Å². The van der Waals surface area contributed by atoms with Crippen LogP contribution in [0.3, 0.4) is 0 Å². The van der Waals surface area contributed by atoms with Gasteiger partial charge in [0.15, 0.2) is 0 Å². The lowest BCUT2D eigenvalue weighted by Gasteiger charge is -2.22. The molecular formula is C18H21NO4S. The number of carbonyl (C=O) groups excluding carboxylic acids is 1. The number of methoxy groups -OCH3 is 3. The number of hydrogen-bond acceptors (Lipinski definition) is 6. The Hall–Kier alpha value is -2.18. The average molecular weight is 347 g/mol. The third kappa shape index (κ3) is 4.43. The van der Waals surface area contributed by atoms with Crippen molar-refractivity contribution in [3.63, 3.8) is 0 Å². The Labute approximate surface area is 146 Å². The van der Waals surface area contributed by atoms with Crippen molar-refractivity contribution in [3.8, 4) is 11.5 Å². The number of carbonyl (C=O) groups is 1. The monoisotopic (exact) mass is 347 g/mol. The van der Waals surface area contributed by atoms with Crippen molar-refractivity contribution in [1.82, 2.24) is 0 Å². The second kappa shape index (κ2) is 8.61. The molecule has 0 aliphatic rings. The van der Waals surface area contributed by atoms with Gasteiger partial charge >= 0.3 is 5.97 Å². The second-order valence-electron chi connectivity index (χ2n) is 5.04. The molecular weight excluding hydrogens is 326 g/mol. The Kier molecular flexibility index (Phi) is 6.52. The molecule has 0 radical (unpaired) electrons. The summed E-state index contributed by atoms with van der Waals surface area (Å²) in [6.07, 6.45) is 0. The summed E-state index contributed by atoms with van der Waals surface area (Å²) in [5.74, 6) is 0.995. The van der Waals surface area contributed by atoms with Gasteiger partial charge in [0, 0.05) is 4.90 Å². The predicted octanol–water partition coefficient (Wildman–Crippen LogP) is 3.04. The number of esters is 1. The van der Waals surface area contributed by atoms with Gasteiger partial charge in [-0.1, -0.05) is 18.2 Å². The van der Waals surface area contributed by atoms with Crippen molar-refractivity contribution in [2.24, 2.45) is 5.73 Å². The molecule has 2 rings (SSSR count). The molecule has 0 amide bonds. The Morgan fingerprint density at radius 2 is 1.62 bits per heavy atom. The van der Waals surface area contributed by atoms with E-state index in [0.29, 0.717) is 5.75 Å². The van der Waals surface area contributed by atoms with Crippen LogP contribution in [0.15, 0.2) is 53.4 Å². The Balaban J connectivity index is 2.36. The van der Waals surface area contributed by atoms with Gasteiger partial charge in [0.05, 0.1) is 26.6 Å². The van der Waals surface area contributed by atoms with Gasteiger partial charge in [-0.05, 0) is 35.9 Å². The first-order valence-electron chi connectivity index (χ1n) is 7.37. The molecule has 0 saturated heterocycles. The van der Waals surface area contributed by atoms with E-state index in [1.54, 1.807) is 14.2 Å². The standard InChI is InChI=1S/C18H21NO4S/c1-21-13-7-4-6-12(10-13)17(16(19)18(20)23-3)24-15-9-5-8-14(11-15)22-2/h4-11,16-17H,19H2,1-3H3. The van der Waals surface area contributed by atoms with E-state index >= 15 is 0 Å². The van der Waals surface area contributed by atoms with Crippen LogP contribution in [0.25, 0.3) is 0 Å². The summed E-state index contributed by atoms with van der Waals surface area (Å²) >= 11 is 1.48. The lowest BCUT2D eigenvalue weighted by Crippen LogP contribution is -2.36. The van der Waals surface area contributed by atoms with E-state index in [1.807, 2.05) is 48.5 Å². The van der Waals surface area contributed by atoms with Gasteiger partial charge in [-0.2, -0.15) is 0 Å². The highest BCUT2D eigenvalue weighted by atomic mass is 32.2. The van der Waals surface area contributed by atoms with E-state index in [1.165, 1.54) is 18.9 Å². The number of rotatable bonds is 7. The van der Waals surface area contributed by atoms with Crippen molar-refractivity contribution in [2.75, 3.05) is 21.3 Å². The molecule has 0 aromatic heterocycles. The lowest BCUT2D eigenvalue weighted by atomic mass is 10.1. The van der Waals surface area contributed by atoms with Crippen molar-refractivity contribution in [1.29, 1.82) is 0 Å². The summed E-state index contributed by atoms with van der Waals surface area (Å²) in [7, 11) is 4.55. The number of thioether (sulfide) groups is 1. The van der Waals surface area contributed by atoms with Crippen LogP contribution in [0.1, 0.15) is 10.8 Å². The fourth-order valence-corrected chi connectivity index (χ4v) is 3.42. The molecule has 0 spiro atoms. The summed E-state index contributed by atoms with van der Waals surface area (Å²) in [4.78, 5) is 12.9. The minimum atomic E-state index is -0.807. The zero-order valence-corrected chi connectivity index (χ0v) is 14.7. The number of hydrogen-bond donors (Lipinski definition) is 1. The maximum atomic E-state index is 12.0. The Bertz CT molecular complexity index is 692. The van der Waals surface area contributed by atoms with Gasteiger partial charge in [-0.25, -0.2) is 0 Å². The number of benzene rings is 2. The van der Waals surface area contributed by atoms with Crippen LogP contribution in [-0.2, 0) is 9.53 Å². The van der Waals surface area contributed by atoms with Gasteiger partial charge < -0.3 is 19.9 Å². The van der Waals surface area contributed by atoms with Crippen LogP contribution in [0.5, 0.6) is 11.5 Å². The molecule has 24 heavy (non-hydrogen) atoms. The lowest BCUT2D eigenvalue weighted by molar-refractivity contribution is -0.142. The zero-order chi connectivity index (χ0) is 17.5. The largest absolute Gasteiger partial charge is 0.497 e. The van der Waals surface area contributed by atoms with Crippen molar-refractivity contribution < 1.29 is 19.0 Å². The smallest absolute Gasteiger partial charge is 0.324 e. The molecule has 0 aliphatic heterocycles. The molecule has 6 heteroatoms. The highest BCUT2D eigenvalue weighted by Gasteiger charge is 2.28. The topological polar surface area (TPSA) is 70.8 Å². The highest BCUT2D eigenvalue weighted by molar-refractivity contribution is 7.99. The third-order valence-electron chi connectivity index (χ3n) is 3.53. The van der Waals surface area contributed by atoms with Crippen LogP contribution in [0.2, 0.25) is 0 Å². The molecule has 2 atom stereocenters. The van der Waals surface area contributed by atoms with Gasteiger partial charge in [0.25, 0.3) is 0 Å². The second-order valence-corrected chi connectivity index (χ2v) is 6.26. The number of ether oxygens (including phenoxy) is 3. The van der Waals surface area contributed by atoms with E-state index in [-0.39, 0.29) is 5.25 Å². The quantitative estimate of drug-likeness (QED) is 0.613. The molecule has 2 aromatic rings. The van der Waals surface area contributed by atoms with Gasteiger partial charge in [0.1, 0.15) is 17.5 Å². The Morgan fingerprint density at radius 3 is 2.25 bits per heavy atom. The fraction of sp³-hybridized carbons (Fsp3) is 0.278. The van der Waals surface area contributed by atoms with E-state index in [0.717, 1.165) is 16.2 Å². The summed E-state index contributed by atoms with van der Waals surface area (Å²) in [5.41, 5.74) is 7.04. The minimum absolute atomic E-state index is 0.320. The summed E-state index contributed by atoms with van der Waals surface area (Å²) < 4.78 is 15.3. The summed E-state index contributed by atoms with van der Waals surface area (Å²) in [5, 5.41) is -0.320. The van der Waals surface area contributed by atoms with Gasteiger partial charge in [-0.3, -0.25) is 4.79 Å². The van der Waals surface area contributed by atoms with Crippen LogP contribution in [0, 0.1) is 0 Å². The Morgan fingerprint density at radius 1 is 1.00 bits per heavy atom. The molecule has 2 N–H and O–H groups in total. The van der Waals surface area contributed by atoms with Crippen LogP contribution >= 0.6 is 11.8 Å². The minimum Gasteiger partial charge on any atom is -0.497 e. The first kappa shape index (κ1) is 18.2. The molecule has 2 unspecified atom stereocenters. The van der Waals surface area contributed by atoms with Crippen LogP contribution in [-0.4, -0.2) is 33.3 Å². The van der Waals surface area contributed by atoms with E-state index in [2.05, 4.69) is 0 Å². The molecule has 128 valence electrons. The predicted molar refractivity (Wildman–Crippen MR) is 94.6 cm³/mol. The SMILES string of the molecule is COC(=O)C(N)C(Sc1cccc(OC)c1)c1cccc(OC)c1. The van der Waals surface area contributed by atoms with Gasteiger partial charge in [-0.15, -0.1) is 11.8 Å². The van der Waals surface area contributed by atoms with Gasteiger partial charge in [0.2, 0.25) is 0 Å². The van der Waals surface area contributed by atoms with Crippen LogP contribution in [0.4, 0.5) is 0 Å². The fourth-order valence-electron chi connectivity index (χ4n) is 2.25. The van der Waals surface area contributed by atoms with E-state index < -0.39 is 12.0 Å². The summed E-state index contributed by atoms with van der Waals surface area (Å²) in [6.45, 7) is 0. The first-order valence-corrected chi connectivity index (χ1v) is 8.25. The molecule has 0 aliphatic carbocycles. The first-order chi connectivity index (χ1) is 11.6. The molecule has 0 heterocycles. The average Bonchev–Trinajstić information content (AvgIpc) is 2.65. The maximum absolute atomic E-state index is 12.0. The van der Waals surface area contributed by atoms with Crippen LogP contribution < -0.4 is 15.2 Å². The molecule has 0 saturated carbocycles. The number of nitrogens with two attached hydrogens (primary N) is 1. The zero-order valence-electron chi connectivity index (χ0n) is 13.9. The molecule has 0 bridgehead atoms. The van der Waals surface area contributed by atoms with Crippen molar-refractivity contribution >= 4 is 17.7 Å². The molecule has 5 nitrogen and oxygen atoms in total. The maximum Gasteiger partial charge on any atom is 0.324 e. The van der Waals surface area contributed by atoms with Crippen molar-refractivity contribution in [3.05, 3.63) is 54.1 Å². The summed E-state index contributed by atoms with van der Waals surface area (Å²) in [6, 6.07) is 14.3. The highest BCUT2D eigenvalue weighted by Crippen LogP contribution is 2.39. The van der Waals surface area contributed by atoms with E-state index in [9.17, 15) is 4.79 Å².